The summed E-state index contributed by atoms with van der Waals surface area (Å²) in [6, 6.07) is 0. The van der Waals surface area contributed by atoms with Crippen molar-refractivity contribution in [3.05, 3.63) is 0 Å². The molecule has 80 heteroatoms. The van der Waals surface area contributed by atoms with E-state index in [1.165, 1.54) is 0 Å². The second-order valence-corrected chi connectivity index (χ2v) is 0. The van der Waals surface area contributed by atoms with E-state index in [9.17, 15) is 0 Å². The summed E-state index contributed by atoms with van der Waals surface area (Å²) in [7, 11) is 0. The van der Waals surface area contributed by atoms with Gasteiger partial charge in [0.1, 0.15) is 0 Å². The Morgan fingerprint density at radius 1 is 0.0375 bits per heavy atom. The molecule has 0 bridgehead atoms. The molecule has 0 aliphatic heterocycles. The third kappa shape index (κ3) is 913. The second kappa shape index (κ2) is 936. The Morgan fingerprint density at radius 3 is 0.0375 bits per heavy atom. The monoisotopic (exact) mass is 2460 g/mol. The minimum absolute atomic E-state index is 0. The maximum absolute atomic E-state index is 0. The van der Waals surface area contributed by atoms with Gasteiger partial charge in [0.15, 0.2) is 0 Å². The van der Waals surface area contributed by atoms with Gasteiger partial charge in [0.25, 0.3) is 0 Å². The predicted octanol–water partition coefficient (Wildman–Crippen LogP) is -171. The molecule has 80 heavy (non-hydrogen) atoms. The van der Waals surface area contributed by atoms with E-state index < -0.39 is 0 Å². The second-order valence-electron chi connectivity index (χ2n) is 0. The van der Waals surface area contributed by atoms with Gasteiger partial charge in [-0.05, 0) is 0 Å². The summed E-state index contributed by atoms with van der Waals surface area (Å²) in [6.45, 7) is 0. The smallest absolute Gasteiger partial charge is 1.00 e. The summed E-state index contributed by atoms with van der Waals surface area (Å²) in [6.07, 6.45) is 0. The van der Waals surface area contributed by atoms with Gasteiger partial charge in [-0.3, -0.25) is 0 Å². The maximum atomic E-state index is 0. The van der Waals surface area contributed by atoms with Crippen molar-refractivity contribution in [1.29, 1.82) is 0 Å². The Bertz CT molecular complexity index is 76.4. The maximum Gasteiger partial charge on any atom is 1.00 e. The first-order valence-corrected chi connectivity index (χ1v) is 0. The molecule has 0 rings (SSSR count). The standard InChI is InChI=1S/50ClH.30Na/h50*1H;;;;;;;;;;;;;;;;;;;;;;;;;;;;;;/q;;;;;;;;;;;;;;;;;;;;;;;;;;;;;;;;;;;;;;;;;;;;;;;;;;30*+1/p-30. The fraction of sp³-hybridized carbons (Fsp3) is 0. The summed E-state index contributed by atoms with van der Waals surface area (Å²) >= 11 is 0. The minimum Gasteiger partial charge on any atom is -1.00 e. The van der Waals surface area contributed by atoms with Crippen molar-refractivity contribution in [2.75, 3.05) is 0 Å². The Kier molecular flexibility index (Phi) is 11200. The largest absolute Gasteiger partial charge is 1.00 e. The Balaban J connectivity index is 0. The average molecular weight is 2480 g/mol. The van der Waals surface area contributed by atoms with Crippen LogP contribution in [0.5, 0.6) is 0 Å². The Morgan fingerprint density at radius 2 is 0.0375 bits per heavy atom. The summed E-state index contributed by atoms with van der Waals surface area (Å²) in [5.74, 6) is 0. The van der Waals surface area contributed by atoms with Crippen molar-refractivity contribution >= 4 is 248 Å². The molecule has 0 aromatic rings. The van der Waals surface area contributed by atoms with E-state index in [0.717, 1.165) is 0 Å². The zero-order valence-electron chi connectivity index (χ0n) is 49.5. The van der Waals surface area contributed by atoms with Crippen LogP contribution >= 0.6 is 248 Å². The number of hydrogen-bond acceptors (Lipinski definition) is 0. The first-order valence-electron chi connectivity index (χ1n) is 0. The molecule has 400 valence electrons. The van der Waals surface area contributed by atoms with E-state index >= 15 is 0 Å². The summed E-state index contributed by atoms with van der Waals surface area (Å²) in [5.41, 5.74) is 0. The Hall–Kier alpha value is 44.5. The summed E-state index contributed by atoms with van der Waals surface area (Å²) < 4.78 is 0. The molecule has 0 spiro atoms. The number of halogens is 50. The van der Waals surface area contributed by atoms with Crippen LogP contribution in [0.4, 0.5) is 0 Å². The van der Waals surface area contributed by atoms with Crippen LogP contribution in [0.3, 0.4) is 0 Å². The van der Waals surface area contributed by atoms with Crippen molar-refractivity contribution in [2.24, 2.45) is 0 Å². The van der Waals surface area contributed by atoms with Crippen molar-refractivity contribution in [1.82, 2.24) is 0 Å². The van der Waals surface area contributed by atoms with Gasteiger partial charge >= 0.3 is 887 Å². The molecular weight excluding hydrogens is 2460 g/mol. The van der Waals surface area contributed by atoms with Gasteiger partial charge in [-0.25, -0.2) is 0 Å². The van der Waals surface area contributed by atoms with Crippen molar-refractivity contribution in [3.63, 3.8) is 0 Å². The van der Waals surface area contributed by atoms with Gasteiger partial charge in [0, 0.05) is 0 Å². The van der Waals surface area contributed by atoms with Crippen molar-refractivity contribution < 1.29 is 1260 Å². The molecule has 0 saturated heterocycles. The molecule has 0 unspecified atom stereocenters. The van der Waals surface area contributed by atoms with Gasteiger partial charge in [-0.15, -0.1) is 248 Å². The SMILES string of the molecule is Cl.Cl.Cl.Cl.Cl.Cl.Cl.Cl.Cl.Cl.Cl.Cl.Cl.Cl.Cl.Cl.Cl.Cl.Cl.Cl.[Cl-].[Cl-].[Cl-].[Cl-].[Cl-].[Cl-].[Cl-].[Cl-].[Cl-].[Cl-].[Cl-].[Cl-].[Cl-].[Cl-].[Cl-].[Cl-].[Cl-].[Cl-].[Cl-].[Cl-].[Cl-].[Cl-].[Cl-].[Cl-].[Cl-].[Cl-].[Cl-].[Cl-].[Cl-].[Cl-].[Na+].[Na+].[Na+].[Na+].[Na+].[Na+].[Na+].[Na+].[Na+].[Na+].[Na+].[Na+].[Na+].[Na+].[Na+].[Na+].[Na+].[Na+].[Na+].[Na+].[Na+].[Na+].[Na+].[Na+].[Na+].[Na+].[Na+].[Na+].[Na+].[Na+]. The topological polar surface area (TPSA) is 0 Å². The van der Waals surface area contributed by atoms with Crippen LogP contribution < -0.4 is 1260 Å². The van der Waals surface area contributed by atoms with Crippen LogP contribution in [0.2, 0.25) is 0 Å². The molecule has 0 radical (unpaired) electrons. The molecular formula is H20Cl50Na30. The van der Waals surface area contributed by atoms with E-state index in [0.29, 0.717) is 0 Å². The number of rotatable bonds is 0. The van der Waals surface area contributed by atoms with Gasteiger partial charge in [0.05, 0.1) is 0 Å². The zero-order chi connectivity index (χ0) is 0. The molecule has 0 saturated carbocycles. The van der Waals surface area contributed by atoms with E-state index in [-0.39, 0.29) is 1510 Å². The normalized spacial score (nSPS) is 0. The first kappa shape index (κ1) is 959. The van der Waals surface area contributed by atoms with Gasteiger partial charge in [-0.1, -0.05) is 0 Å². The van der Waals surface area contributed by atoms with Crippen LogP contribution in [0.15, 0.2) is 0 Å². The van der Waals surface area contributed by atoms with Crippen molar-refractivity contribution in [3.8, 4) is 0 Å². The molecule has 0 N–H and O–H groups in total. The van der Waals surface area contributed by atoms with Gasteiger partial charge in [0.2, 0.25) is 0 Å². The molecule has 0 nitrogen and oxygen atoms in total. The summed E-state index contributed by atoms with van der Waals surface area (Å²) in [5, 5.41) is 0. The molecule has 0 heterocycles. The average Bonchev–Trinajstić information content (AvgIpc) is 0. The summed E-state index contributed by atoms with van der Waals surface area (Å²) in [4.78, 5) is 0. The van der Waals surface area contributed by atoms with Crippen LogP contribution in [0, 0.1) is 0 Å². The fourth-order valence-corrected chi connectivity index (χ4v) is 0. The van der Waals surface area contributed by atoms with E-state index in [4.69, 9.17) is 0 Å². The minimum atomic E-state index is 0. The van der Waals surface area contributed by atoms with E-state index in [2.05, 4.69) is 0 Å². The van der Waals surface area contributed by atoms with Gasteiger partial charge < -0.3 is 372 Å². The third-order valence-electron chi connectivity index (χ3n) is 0. The molecule has 0 aromatic heterocycles. The first-order chi connectivity index (χ1) is 0. The molecule has 0 fully saturated rings. The van der Waals surface area contributed by atoms with E-state index in [1.807, 2.05) is 0 Å². The number of hydrogen-bond donors (Lipinski definition) is 0. The van der Waals surface area contributed by atoms with Crippen LogP contribution in [-0.4, -0.2) is 0 Å². The fourth-order valence-electron chi connectivity index (χ4n) is 0. The van der Waals surface area contributed by atoms with Crippen LogP contribution in [-0.2, 0) is 0 Å². The quantitative estimate of drug-likeness (QED) is 0.212. The predicted molar refractivity (Wildman–Crippen MR) is 145 cm³/mol. The van der Waals surface area contributed by atoms with Crippen LogP contribution in [0.25, 0.3) is 0 Å². The van der Waals surface area contributed by atoms with Gasteiger partial charge in [-0.2, -0.15) is 0 Å². The molecule has 0 amide bonds. The molecule has 0 aliphatic carbocycles. The van der Waals surface area contributed by atoms with Crippen LogP contribution in [0.1, 0.15) is 0 Å². The van der Waals surface area contributed by atoms with E-state index in [1.54, 1.807) is 0 Å². The van der Waals surface area contributed by atoms with Crippen molar-refractivity contribution in [2.45, 2.75) is 0 Å². The Labute approximate surface area is 1460 Å². The molecule has 0 aromatic carbocycles. The molecule has 0 aliphatic rings. The third-order valence-corrected chi connectivity index (χ3v) is 0. The molecule has 0 atom stereocenters. The zero-order valence-corrected chi connectivity index (χ0v) is 149.